The minimum absolute atomic E-state index is 0.0415. The number of fused-ring (bicyclic) bond motifs is 1. The number of amides is 1. The van der Waals surface area contributed by atoms with Gasteiger partial charge < -0.3 is 5.32 Å². The summed E-state index contributed by atoms with van der Waals surface area (Å²) < 4.78 is 1.24. The number of likely N-dealkylation sites (tertiary alicyclic amines) is 1. The Hall–Kier alpha value is -1.95. The van der Waals surface area contributed by atoms with Gasteiger partial charge in [0.2, 0.25) is 5.91 Å². The molecule has 1 N–H and O–H groups in total. The second-order valence-corrected chi connectivity index (χ2v) is 8.43. The highest BCUT2D eigenvalue weighted by atomic mass is 35.5. The zero-order chi connectivity index (χ0) is 18.6. The van der Waals surface area contributed by atoms with Gasteiger partial charge in [-0.15, -0.1) is 11.3 Å². The number of piperidine rings is 1. The average molecular weight is 400 g/mol. The van der Waals surface area contributed by atoms with E-state index in [1.165, 1.54) is 9.71 Å². The van der Waals surface area contributed by atoms with Crippen LogP contribution in [0.4, 0.5) is 0 Å². The van der Waals surface area contributed by atoms with Crippen molar-refractivity contribution < 1.29 is 4.79 Å². The van der Waals surface area contributed by atoms with Crippen molar-refractivity contribution in [2.75, 3.05) is 19.6 Å². The summed E-state index contributed by atoms with van der Waals surface area (Å²) in [6.07, 6.45) is 2.23. The van der Waals surface area contributed by atoms with E-state index in [0.717, 1.165) is 37.0 Å². The van der Waals surface area contributed by atoms with E-state index in [-0.39, 0.29) is 5.91 Å². The number of hydrogen-bond acceptors (Lipinski definition) is 4. The molecule has 27 heavy (non-hydrogen) atoms. The van der Waals surface area contributed by atoms with Crippen LogP contribution < -0.4 is 5.32 Å². The summed E-state index contributed by atoms with van der Waals surface area (Å²) in [6.45, 7) is 2.74. The summed E-state index contributed by atoms with van der Waals surface area (Å²) in [5.41, 5.74) is 2.02. The molecule has 140 valence electrons. The zero-order valence-corrected chi connectivity index (χ0v) is 16.6. The highest BCUT2D eigenvalue weighted by Crippen LogP contribution is 2.32. The molecule has 1 aromatic heterocycles. The quantitative estimate of drug-likeness (QED) is 0.689. The molecule has 4 rings (SSSR count). The third-order valence-electron chi connectivity index (χ3n) is 4.97. The molecule has 0 unspecified atom stereocenters. The number of thiazole rings is 1. The van der Waals surface area contributed by atoms with E-state index in [1.54, 1.807) is 11.3 Å². The topological polar surface area (TPSA) is 45.2 Å². The Bertz CT molecular complexity index is 909. The van der Waals surface area contributed by atoms with Crippen molar-refractivity contribution in [2.45, 2.75) is 25.3 Å². The second kappa shape index (κ2) is 8.38. The first-order valence-corrected chi connectivity index (χ1v) is 10.5. The Labute approximate surface area is 168 Å². The summed E-state index contributed by atoms with van der Waals surface area (Å²) in [5, 5.41) is 4.86. The summed E-state index contributed by atoms with van der Waals surface area (Å²) in [4.78, 5) is 19.4. The molecule has 2 aromatic carbocycles. The smallest absolute Gasteiger partial charge is 0.234 e. The number of nitrogens with zero attached hydrogens (tertiary/aromatic N) is 2. The predicted molar refractivity (Wildman–Crippen MR) is 111 cm³/mol. The summed E-state index contributed by atoms with van der Waals surface area (Å²) in [6, 6.07) is 15.9. The minimum atomic E-state index is 0.0415. The van der Waals surface area contributed by atoms with Gasteiger partial charge in [0.15, 0.2) is 0 Å². The normalized spacial score (nSPS) is 17.9. The van der Waals surface area contributed by atoms with Gasteiger partial charge in [0, 0.05) is 24.0 Å². The van der Waals surface area contributed by atoms with E-state index < -0.39 is 0 Å². The van der Waals surface area contributed by atoms with Crippen molar-refractivity contribution in [3.05, 3.63) is 64.1 Å². The molecule has 4 nitrogen and oxygen atoms in total. The molecular weight excluding hydrogens is 378 g/mol. The molecule has 0 bridgehead atoms. The number of carbonyl (C=O) groups excluding carboxylic acids is 1. The maximum Gasteiger partial charge on any atom is 0.234 e. The Morgan fingerprint density at radius 3 is 2.89 bits per heavy atom. The largest absolute Gasteiger partial charge is 0.351 e. The first kappa shape index (κ1) is 18.4. The lowest BCUT2D eigenvalue weighted by Crippen LogP contribution is -2.41. The third-order valence-corrected chi connectivity index (χ3v) is 6.53. The van der Waals surface area contributed by atoms with Gasteiger partial charge in [-0.1, -0.05) is 41.9 Å². The van der Waals surface area contributed by atoms with Crippen molar-refractivity contribution in [1.82, 2.24) is 15.2 Å². The van der Waals surface area contributed by atoms with E-state index in [1.807, 2.05) is 30.3 Å². The van der Waals surface area contributed by atoms with Crippen molar-refractivity contribution in [3.8, 4) is 0 Å². The van der Waals surface area contributed by atoms with Gasteiger partial charge in [-0.25, -0.2) is 4.98 Å². The first-order valence-electron chi connectivity index (χ1n) is 9.27. The van der Waals surface area contributed by atoms with Gasteiger partial charge in [0.05, 0.1) is 21.8 Å². The molecule has 1 aliphatic rings. The zero-order valence-electron chi connectivity index (χ0n) is 15.0. The molecule has 3 aromatic rings. The number of benzene rings is 2. The third kappa shape index (κ3) is 4.49. The Kier molecular flexibility index (Phi) is 5.72. The molecule has 2 heterocycles. The number of para-hydroxylation sites is 1. The molecule has 1 aliphatic heterocycles. The molecule has 1 amide bonds. The summed E-state index contributed by atoms with van der Waals surface area (Å²) in [5.74, 6) is 0.451. The number of nitrogens with one attached hydrogen (secondary N) is 1. The number of carbonyl (C=O) groups is 1. The highest BCUT2D eigenvalue weighted by molar-refractivity contribution is 7.18. The fourth-order valence-corrected chi connectivity index (χ4v) is 4.86. The van der Waals surface area contributed by atoms with Gasteiger partial charge in [0.25, 0.3) is 0 Å². The number of rotatable bonds is 5. The molecule has 0 saturated carbocycles. The van der Waals surface area contributed by atoms with Crippen LogP contribution >= 0.6 is 22.9 Å². The Morgan fingerprint density at radius 1 is 1.22 bits per heavy atom. The maximum absolute atomic E-state index is 12.4. The van der Waals surface area contributed by atoms with Crippen LogP contribution in [0.5, 0.6) is 0 Å². The van der Waals surface area contributed by atoms with Crippen LogP contribution in [0.2, 0.25) is 5.02 Å². The fourth-order valence-electron chi connectivity index (χ4n) is 3.56. The maximum atomic E-state index is 12.4. The number of halogens is 1. The lowest BCUT2D eigenvalue weighted by Gasteiger charge is -2.31. The van der Waals surface area contributed by atoms with E-state index in [2.05, 4.69) is 28.4 Å². The lowest BCUT2D eigenvalue weighted by atomic mass is 9.99. The summed E-state index contributed by atoms with van der Waals surface area (Å²) >= 11 is 7.93. The van der Waals surface area contributed by atoms with Crippen molar-refractivity contribution >= 4 is 39.1 Å². The van der Waals surface area contributed by atoms with Crippen LogP contribution in [0, 0.1) is 0 Å². The first-order chi connectivity index (χ1) is 13.2. The van der Waals surface area contributed by atoms with E-state index >= 15 is 0 Å². The van der Waals surface area contributed by atoms with Gasteiger partial charge in [-0.05, 0) is 43.1 Å². The molecule has 6 heteroatoms. The van der Waals surface area contributed by atoms with Crippen molar-refractivity contribution in [3.63, 3.8) is 0 Å². The molecule has 0 aliphatic carbocycles. The average Bonchev–Trinajstić information content (AvgIpc) is 3.12. The Morgan fingerprint density at radius 2 is 2.04 bits per heavy atom. The lowest BCUT2D eigenvalue weighted by molar-refractivity contribution is -0.122. The monoisotopic (exact) mass is 399 g/mol. The van der Waals surface area contributed by atoms with Crippen LogP contribution in [0.25, 0.3) is 10.2 Å². The molecule has 0 radical (unpaired) electrons. The molecular formula is C21H22ClN3OS. The van der Waals surface area contributed by atoms with Crippen LogP contribution in [0.3, 0.4) is 0 Å². The number of aromatic nitrogens is 1. The van der Waals surface area contributed by atoms with E-state index in [9.17, 15) is 4.79 Å². The molecule has 1 saturated heterocycles. The standard InChI is InChI=1S/C21H22ClN3OS/c22-17-8-2-1-6-15(17)12-23-20(26)14-25-11-5-7-16(13-25)21-24-18-9-3-4-10-19(18)27-21/h1-4,6,8-10,16H,5,7,11-14H2,(H,23,26)/t16-/m0/s1. The predicted octanol–water partition coefficient (Wildman–Crippen LogP) is 4.45. The van der Waals surface area contributed by atoms with Crippen LogP contribution in [0.1, 0.15) is 29.3 Å². The van der Waals surface area contributed by atoms with Crippen LogP contribution in [0.15, 0.2) is 48.5 Å². The summed E-state index contributed by atoms with van der Waals surface area (Å²) in [7, 11) is 0. The molecule has 1 atom stereocenters. The van der Waals surface area contributed by atoms with Gasteiger partial charge in [0.1, 0.15) is 0 Å². The van der Waals surface area contributed by atoms with Crippen LogP contribution in [-0.2, 0) is 11.3 Å². The molecule has 0 spiro atoms. The van der Waals surface area contributed by atoms with E-state index in [4.69, 9.17) is 16.6 Å². The second-order valence-electron chi connectivity index (χ2n) is 6.96. The van der Waals surface area contributed by atoms with Crippen LogP contribution in [-0.4, -0.2) is 35.4 Å². The highest BCUT2D eigenvalue weighted by Gasteiger charge is 2.25. The van der Waals surface area contributed by atoms with Gasteiger partial charge in [-0.2, -0.15) is 0 Å². The Balaban J connectivity index is 1.34. The number of hydrogen-bond donors (Lipinski definition) is 1. The molecule has 1 fully saturated rings. The van der Waals surface area contributed by atoms with Crippen molar-refractivity contribution in [2.24, 2.45) is 0 Å². The van der Waals surface area contributed by atoms with Gasteiger partial charge in [-0.3, -0.25) is 9.69 Å². The SMILES string of the molecule is O=C(CN1CCC[C@H](c2nc3ccccc3s2)C1)NCc1ccccc1Cl. The van der Waals surface area contributed by atoms with Crippen molar-refractivity contribution in [1.29, 1.82) is 0 Å². The minimum Gasteiger partial charge on any atom is -0.351 e. The van der Waals surface area contributed by atoms with E-state index in [0.29, 0.717) is 24.0 Å². The van der Waals surface area contributed by atoms with Gasteiger partial charge >= 0.3 is 0 Å². The fraction of sp³-hybridized carbons (Fsp3) is 0.333.